The Morgan fingerprint density at radius 1 is 1.30 bits per heavy atom. The van der Waals surface area contributed by atoms with E-state index in [1.54, 1.807) is 19.2 Å². The molecule has 1 amide bonds. The van der Waals surface area contributed by atoms with E-state index in [4.69, 9.17) is 10.00 Å². The molecule has 0 saturated carbocycles. The molecule has 0 spiro atoms. The molecule has 5 heteroatoms. The van der Waals surface area contributed by atoms with Crippen LogP contribution in [0.3, 0.4) is 0 Å². The van der Waals surface area contributed by atoms with Gasteiger partial charge in [0.25, 0.3) is 0 Å². The van der Waals surface area contributed by atoms with Crippen LogP contribution >= 0.6 is 0 Å². The molecule has 0 aliphatic heterocycles. The second-order valence-electron chi connectivity index (χ2n) is 4.11. The van der Waals surface area contributed by atoms with Gasteiger partial charge in [-0.25, -0.2) is 9.78 Å². The van der Waals surface area contributed by atoms with Gasteiger partial charge in [-0.05, 0) is 17.7 Å². The first kappa shape index (κ1) is 13.6. The van der Waals surface area contributed by atoms with Crippen LogP contribution in [0, 0.1) is 11.3 Å². The molecule has 2 aromatic rings. The molecule has 0 fully saturated rings. The quantitative estimate of drug-likeness (QED) is 0.857. The van der Waals surface area contributed by atoms with Gasteiger partial charge in [0, 0.05) is 7.05 Å². The van der Waals surface area contributed by atoms with E-state index in [-0.39, 0.29) is 6.61 Å². The molecule has 1 aromatic heterocycles. The van der Waals surface area contributed by atoms with Crippen LogP contribution in [0.25, 0.3) is 0 Å². The van der Waals surface area contributed by atoms with E-state index < -0.39 is 6.09 Å². The predicted molar refractivity (Wildman–Crippen MR) is 74.0 cm³/mol. The molecule has 0 aliphatic carbocycles. The average molecular weight is 267 g/mol. The van der Waals surface area contributed by atoms with Gasteiger partial charge >= 0.3 is 6.09 Å². The number of anilines is 1. The number of benzene rings is 1. The summed E-state index contributed by atoms with van der Waals surface area (Å²) in [4.78, 5) is 17.1. The van der Waals surface area contributed by atoms with Crippen molar-refractivity contribution in [2.75, 3.05) is 11.9 Å². The lowest BCUT2D eigenvalue weighted by Crippen LogP contribution is -2.27. The van der Waals surface area contributed by atoms with Gasteiger partial charge in [-0.15, -0.1) is 0 Å². The predicted octanol–water partition coefficient (Wildman–Crippen LogP) is 2.73. The lowest BCUT2D eigenvalue weighted by Gasteiger charge is -2.16. The van der Waals surface area contributed by atoms with Crippen LogP contribution in [-0.4, -0.2) is 18.1 Å². The molecule has 1 aromatic carbocycles. The molecule has 0 radical (unpaired) electrons. The van der Waals surface area contributed by atoms with E-state index in [2.05, 4.69) is 4.98 Å². The highest BCUT2D eigenvalue weighted by Crippen LogP contribution is 2.13. The van der Waals surface area contributed by atoms with Crippen LogP contribution in [0.1, 0.15) is 11.3 Å². The van der Waals surface area contributed by atoms with Gasteiger partial charge in [0.1, 0.15) is 18.4 Å². The first-order valence-electron chi connectivity index (χ1n) is 6.01. The van der Waals surface area contributed by atoms with Crippen molar-refractivity contribution in [1.82, 2.24) is 4.98 Å². The van der Waals surface area contributed by atoms with E-state index in [1.165, 1.54) is 11.1 Å². The van der Waals surface area contributed by atoms with Crippen molar-refractivity contribution < 1.29 is 9.53 Å². The van der Waals surface area contributed by atoms with Gasteiger partial charge in [-0.1, -0.05) is 30.3 Å². The number of amides is 1. The number of rotatable bonds is 3. The maximum atomic E-state index is 11.9. The van der Waals surface area contributed by atoms with Gasteiger partial charge in [-0.3, -0.25) is 4.90 Å². The van der Waals surface area contributed by atoms with Crippen LogP contribution in [0.5, 0.6) is 0 Å². The van der Waals surface area contributed by atoms with Crippen LogP contribution in [0.4, 0.5) is 10.5 Å². The number of pyridine rings is 1. The van der Waals surface area contributed by atoms with Gasteiger partial charge < -0.3 is 4.74 Å². The Labute approximate surface area is 117 Å². The highest BCUT2D eigenvalue weighted by Gasteiger charge is 2.12. The Bertz CT molecular complexity index is 618. The summed E-state index contributed by atoms with van der Waals surface area (Å²) < 4.78 is 5.20. The molecule has 0 unspecified atom stereocenters. The molecule has 0 N–H and O–H groups in total. The summed E-state index contributed by atoms with van der Waals surface area (Å²) in [5.41, 5.74) is 1.80. The maximum absolute atomic E-state index is 11.9. The molecule has 1 heterocycles. The van der Waals surface area contributed by atoms with Crippen molar-refractivity contribution in [3.05, 3.63) is 59.9 Å². The minimum absolute atomic E-state index is 0.216. The number of nitrogens with zero attached hydrogens (tertiary/aromatic N) is 3. The summed E-state index contributed by atoms with van der Waals surface area (Å²) >= 11 is 0. The van der Waals surface area contributed by atoms with E-state index in [9.17, 15) is 4.79 Å². The number of ether oxygens (including phenoxy) is 1. The SMILES string of the molecule is CN(C(=O)OCc1ccccc1)c1ccc(C#N)nc1. The Kier molecular flexibility index (Phi) is 4.30. The van der Waals surface area contributed by atoms with Gasteiger partial charge in [0.2, 0.25) is 0 Å². The van der Waals surface area contributed by atoms with Crippen molar-refractivity contribution in [2.45, 2.75) is 6.61 Å². The van der Waals surface area contributed by atoms with Crippen LogP contribution < -0.4 is 4.90 Å². The van der Waals surface area contributed by atoms with Crippen molar-refractivity contribution in [1.29, 1.82) is 5.26 Å². The molecule has 0 aliphatic rings. The number of carbonyl (C=O) groups is 1. The fraction of sp³-hybridized carbons (Fsp3) is 0.133. The Morgan fingerprint density at radius 3 is 2.65 bits per heavy atom. The number of hydrogen-bond acceptors (Lipinski definition) is 4. The standard InChI is InChI=1S/C15H13N3O2/c1-18(14-8-7-13(9-16)17-10-14)15(19)20-11-12-5-3-2-4-6-12/h2-8,10H,11H2,1H3. The summed E-state index contributed by atoms with van der Waals surface area (Å²) in [5, 5.41) is 8.67. The zero-order valence-corrected chi connectivity index (χ0v) is 11.0. The molecule has 100 valence electrons. The lowest BCUT2D eigenvalue weighted by molar-refractivity contribution is 0.148. The molecule has 0 atom stereocenters. The highest BCUT2D eigenvalue weighted by molar-refractivity contribution is 5.86. The number of hydrogen-bond donors (Lipinski definition) is 0. The molecule has 0 bridgehead atoms. The number of nitriles is 1. The maximum Gasteiger partial charge on any atom is 0.414 e. The highest BCUT2D eigenvalue weighted by atomic mass is 16.6. The van der Waals surface area contributed by atoms with Crippen molar-refractivity contribution in [2.24, 2.45) is 0 Å². The molecule has 20 heavy (non-hydrogen) atoms. The van der Waals surface area contributed by atoms with Gasteiger partial charge in [0.15, 0.2) is 0 Å². The van der Waals surface area contributed by atoms with Crippen molar-refractivity contribution >= 4 is 11.8 Å². The average Bonchev–Trinajstić information content (AvgIpc) is 2.53. The fourth-order valence-corrected chi connectivity index (χ4v) is 1.57. The largest absolute Gasteiger partial charge is 0.444 e. The summed E-state index contributed by atoms with van der Waals surface area (Å²) in [7, 11) is 1.59. The zero-order chi connectivity index (χ0) is 14.4. The van der Waals surface area contributed by atoms with E-state index in [1.807, 2.05) is 36.4 Å². The fourth-order valence-electron chi connectivity index (χ4n) is 1.57. The zero-order valence-electron chi connectivity index (χ0n) is 11.0. The van der Waals surface area contributed by atoms with E-state index in [0.29, 0.717) is 11.4 Å². The Balaban J connectivity index is 1.96. The molecule has 0 saturated heterocycles. The number of aromatic nitrogens is 1. The minimum atomic E-state index is -0.472. The monoisotopic (exact) mass is 267 g/mol. The topological polar surface area (TPSA) is 66.2 Å². The molecule has 2 rings (SSSR count). The first-order valence-corrected chi connectivity index (χ1v) is 6.01. The third-order valence-corrected chi connectivity index (χ3v) is 2.73. The molecular formula is C15H13N3O2. The van der Waals surface area contributed by atoms with Crippen LogP contribution in [0.2, 0.25) is 0 Å². The smallest absolute Gasteiger partial charge is 0.414 e. The van der Waals surface area contributed by atoms with Crippen molar-refractivity contribution in [3.8, 4) is 6.07 Å². The Hall–Kier alpha value is -2.87. The summed E-state index contributed by atoms with van der Waals surface area (Å²) in [6.45, 7) is 0.216. The molecule has 5 nitrogen and oxygen atoms in total. The van der Waals surface area contributed by atoms with Crippen molar-refractivity contribution in [3.63, 3.8) is 0 Å². The Morgan fingerprint density at radius 2 is 2.05 bits per heavy atom. The first-order chi connectivity index (χ1) is 9.70. The summed E-state index contributed by atoms with van der Waals surface area (Å²) in [6.07, 6.45) is 0.989. The summed E-state index contributed by atoms with van der Waals surface area (Å²) in [5.74, 6) is 0. The van der Waals surface area contributed by atoms with Gasteiger partial charge in [-0.2, -0.15) is 5.26 Å². The lowest BCUT2D eigenvalue weighted by atomic mass is 10.2. The second kappa shape index (κ2) is 6.34. The van der Waals surface area contributed by atoms with Gasteiger partial charge in [0.05, 0.1) is 11.9 Å². The molecular weight excluding hydrogens is 254 g/mol. The summed E-state index contributed by atoms with van der Waals surface area (Å²) in [6, 6.07) is 14.6. The van der Waals surface area contributed by atoms with E-state index >= 15 is 0 Å². The normalized spacial score (nSPS) is 9.60. The van der Waals surface area contributed by atoms with Crippen LogP contribution in [-0.2, 0) is 11.3 Å². The number of carbonyl (C=O) groups excluding carboxylic acids is 1. The van der Waals surface area contributed by atoms with E-state index in [0.717, 1.165) is 5.56 Å². The second-order valence-corrected chi connectivity index (χ2v) is 4.11. The third-order valence-electron chi connectivity index (χ3n) is 2.73. The minimum Gasteiger partial charge on any atom is -0.444 e. The third kappa shape index (κ3) is 3.33. The van der Waals surface area contributed by atoms with Crippen LogP contribution in [0.15, 0.2) is 48.7 Å².